The fourth-order valence-corrected chi connectivity index (χ4v) is 35.9. The van der Waals surface area contributed by atoms with E-state index < -0.39 is 43.7 Å². The Morgan fingerprint density at radius 3 is 1.14 bits per heavy atom. The zero-order chi connectivity index (χ0) is 37.7. The monoisotopic (exact) mass is 896 g/mol. The Labute approximate surface area is 348 Å². The van der Waals surface area contributed by atoms with Crippen molar-refractivity contribution in [2.75, 3.05) is 0 Å². The molecule has 4 unspecified atom stereocenters. The fourth-order valence-electron chi connectivity index (χ4n) is 12.6. The Hall–Kier alpha value is -2.60. The number of halogens is 8. The molecule has 9 heteroatoms. The Morgan fingerprint density at radius 1 is 0.439 bits per heavy atom. The van der Waals surface area contributed by atoms with Gasteiger partial charge in [0.1, 0.15) is 0 Å². The van der Waals surface area contributed by atoms with E-state index in [0.29, 0.717) is 19.1 Å². The molecule has 5 aliphatic carbocycles. The number of fused-ring (bicyclic) bond motifs is 3. The van der Waals surface area contributed by atoms with E-state index in [9.17, 15) is 26.3 Å². The maximum absolute atomic E-state index is 13.6. The van der Waals surface area contributed by atoms with Crippen LogP contribution in [0.25, 0.3) is 34.4 Å². The molecule has 4 fully saturated rings. The molecule has 0 spiro atoms. The molecule has 0 bridgehead atoms. The van der Waals surface area contributed by atoms with Crippen LogP contribution in [0.1, 0.15) is 118 Å². The Bertz CT molecular complexity index is 2030. The molecule has 1 aliphatic heterocycles. The number of hydrogen-bond acceptors (Lipinski definition) is 0. The largest absolute Gasteiger partial charge is 1.00 e. The summed E-state index contributed by atoms with van der Waals surface area (Å²) in [5.74, 6) is 1.07. The van der Waals surface area contributed by atoms with Gasteiger partial charge in [0.15, 0.2) is 0 Å². The van der Waals surface area contributed by atoms with Gasteiger partial charge in [-0.05, 0) is 0 Å². The van der Waals surface area contributed by atoms with Crippen molar-refractivity contribution in [1.29, 1.82) is 0 Å². The molecule has 57 heavy (non-hydrogen) atoms. The summed E-state index contributed by atoms with van der Waals surface area (Å²) in [5.41, 5.74) is 11.1. The third-order valence-corrected chi connectivity index (χ3v) is 31.7. The van der Waals surface area contributed by atoms with Gasteiger partial charge in [-0.1, -0.05) is 0 Å². The summed E-state index contributed by atoms with van der Waals surface area (Å²) in [7, 11) is 0. The van der Waals surface area contributed by atoms with E-state index in [4.69, 9.17) is 0 Å². The molecule has 298 valence electrons. The smallest absolute Gasteiger partial charge is 1.00 e. The average Bonchev–Trinajstić information content (AvgIpc) is 3.85. The van der Waals surface area contributed by atoms with E-state index in [1.165, 1.54) is 124 Å². The summed E-state index contributed by atoms with van der Waals surface area (Å²) < 4.78 is 84.2. The second-order valence-electron chi connectivity index (χ2n) is 17.4. The fraction of sp³-hybridized carbons (Fsp3) is 0.417. The maximum atomic E-state index is 13.6. The molecule has 0 nitrogen and oxygen atoms in total. The van der Waals surface area contributed by atoms with Crippen LogP contribution < -0.4 is 24.8 Å². The Kier molecular flexibility index (Phi) is 11.2. The van der Waals surface area contributed by atoms with Gasteiger partial charge < -0.3 is 24.8 Å². The normalized spacial score (nSPS) is 25.7. The molecule has 1 heterocycles. The predicted octanol–water partition coefficient (Wildman–Crippen LogP) is 9.34. The zero-order valence-electron chi connectivity index (χ0n) is 31.7. The van der Waals surface area contributed by atoms with Crippen LogP contribution in [0.5, 0.6) is 0 Å². The van der Waals surface area contributed by atoms with E-state index in [1.807, 2.05) is 0 Å². The van der Waals surface area contributed by atoms with Gasteiger partial charge in [-0.15, -0.1) is 0 Å². The molecule has 10 rings (SSSR count). The van der Waals surface area contributed by atoms with E-state index in [1.54, 1.807) is 35.4 Å². The predicted molar refractivity (Wildman–Crippen MR) is 205 cm³/mol. The molecule has 4 atom stereocenters. The second kappa shape index (κ2) is 15.5. The van der Waals surface area contributed by atoms with Crippen molar-refractivity contribution in [3.8, 4) is 22.3 Å². The number of hydrogen-bond donors (Lipinski definition) is 0. The van der Waals surface area contributed by atoms with E-state index in [0.717, 1.165) is 29.5 Å². The third kappa shape index (κ3) is 6.77. The molecule has 4 aromatic carbocycles. The summed E-state index contributed by atoms with van der Waals surface area (Å²) >= 11 is -3.46. The van der Waals surface area contributed by atoms with E-state index >= 15 is 0 Å². The third-order valence-electron chi connectivity index (χ3n) is 14.8. The van der Waals surface area contributed by atoms with Crippen LogP contribution in [-0.2, 0) is 32.6 Å². The van der Waals surface area contributed by atoms with Gasteiger partial charge in [0.25, 0.3) is 0 Å². The van der Waals surface area contributed by atoms with Gasteiger partial charge in [-0.2, -0.15) is 0 Å². The first-order valence-corrected chi connectivity index (χ1v) is 26.3. The summed E-state index contributed by atoms with van der Waals surface area (Å²) in [6.45, 7) is 0. The summed E-state index contributed by atoms with van der Waals surface area (Å²) in [6.07, 6.45) is 11.2. The standard InChI is InChI=1S/2C21H18F3.C6H10.2ClH.Zr/c2*22-21(23,24)18-10-8-15(9-11-18)19-7-3-6-16-12-17(13-20(16)19)14-4-1-2-5-14;1-2-4-6-5-3-1;;;/h2*3,6-14H,1-2,4-5H2;1-2H,3-6H2;2*1H;/q;;;;;+2/p-2. The molecule has 3 saturated carbocycles. The van der Waals surface area contributed by atoms with Gasteiger partial charge in [0.05, 0.1) is 0 Å². The van der Waals surface area contributed by atoms with Crippen molar-refractivity contribution in [1.82, 2.24) is 0 Å². The molecule has 1 saturated heterocycles. The average molecular weight is 899 g/mol. The minimum atomic E-state index is -4.38. The zero-order valence-corrected chi connectivity index (χ0v) is 35.7. The van der Waals surface area contributed by atoms with E-state index in [2.05, 4.69) is 48.6 Å². The first-order valence-electron chi connectivity index (χ1n) is 20.6. The van der Waals surface area contributed by atoms with Gasteiger partial charge in [-0.3, -0.25) is 0 Å². The molecule has 0 amide bonds. The summed E-state index contributed by atoms with van der Waals surface area (Å²) in [6, 6.07) is 24.8. The maximum Gasteiger partial charge on any atom is -1.00 e. The number of benzene rings is 4. The van der Waals surface area contributed by atoms with Crippen LogP contribution in [0.4, 0.5) is 26.3 Å². The number of alkyl halides is 6. The minimum absolute atomic E-state index is 0. The van der Waals surface area contributed by atoms with Crippen molar-refractivity contribution in [2.24, 2.45) is 11.8 Å². The van der Waals surface area contributed by atoms with Crippen LogP contribution in [0, 0.1) is 11.8 Å². The summed E-state index contributed by atoms with van der Waals surface area (Å²) in [5, 5.41) is 0. The SMILES string of the molecule is FC(F)(F)c1ccc(-c2cccc3c2C=C(C2CCCC2)[CH]3[Zr+2]2([CH]3C(C4CCCC4)=Cc4c(-c5ccc(C(F)(F)F)cc5)cccc43)[CH]3CCCC[CH]32)cc1.[Cl-].[Cl-]. The molecule has 6 aliphatic rings. The molecule has 0 radical (unpaired) electrons. The number of rotatable bonds is 6. The molecule has 0 N–H and O–H groups in total. The van der Waals surface area contributed by atoms with Crippen LogP contribution in [0.2, 0.25) is 7.25 Å². The Morgan fingerprint density at radius 2 is 0.789 bits per heavy atom. The van der Waals surface area contributed by atoms with Crippen molar-refractivity contribution < 1.29 is 71.4 Å². The van der Waals surface area contributed by atoms with Gasteiger partial charge in [0.2, 0.25) is 0 Å². The van der Waals surface area contributed by atoms with Crippen LogP contribution in [-0.4, -0.2) is 0 Å². The van der Waals surface area contributed by atoms with Gasteiger partial charge >= 0.3 is 326 Å². The van der Waals surface area contributed by atoms with Crippen molar-refractivity contribution in [3.63, 3.8) is 0 Å². The molecule has 4 aromatic rings. The van der Waals surface area contributed by atoms with Crippen LogP contribution in [0.3, 0.4) is 0 Å². The van der Waals surface area contributed by atoms with E-state index in [-0.39, 0.29) is 24.8 Å². The first-order chi connectivity index (χ1) is 26.5. The van der Waals surface area contributed by atoms with Crippen molar-refractivity contribution >= 4 is 12.2 Å². The first kappa shape index (κ1) is 41.2. The molecular weight excluding hydrogens is 853 g/mol. The van der Waals surface area contributed by atoms with Gasteiger partial charge in [-0.25, -0.2) is 0 Å². The van der Waals surface area contributed by atoms with Crippen molar-refractivity contribution in [3.05, 3.63) is 129 Å². The summed E-state index contributed by atoms with van der Waals surface area (Å²) in [4.78, 5) is 0. The minimum Gasteiger partial charge on any atom is -1.00 e. The van der Waals surface area contributed by atoms with Gasteiger partial charge in [0, 0.05) is 0 Å². The van der Waals surface area contributed by atoms with Crippen molar-refractivity contribution in [2.45, 2.75) is 104 Å². The molecular formula is C48H46Cl2F6Zr. The Balaban J connectivity index is 0.00000228. The topological polar surface area (TPSA) is 0 Å². The second-order valence-corrected chi connectivity index (χ2v) is 28.8. The van der Waals surface area contributed by atoms with Crippen LogP contribution in [0.15, 0.2) is 96.1 Å². The van der Waals surface area contributed by atoms with Crippen LogP contribution >= 0.6 is 0 Å². The quantitative estimate of drug-likeness (QED) is 0.170. The number of allylic oxidation sites excluding steroid dienone is 2. The molecule has 0 aromatic heterocycles.